The Hall–Kier alpha value is -3.52. The van der Waals surface area contributed by atoms with Gasteiger partial charge in [0.15, 0.2) is 0 Å². The van der Waals surface area contributed by atoms with Crippen LogP contribution in [0, 0.1) is 11.8 Å². The van der Waals surface area contributed by atoms with E-state index in [1.165, 1.54) is 61.5 Å². The third-order valence-electron chi connectivity index (χ3n) is 11.5. The predicted molar refractivity (Wildman–Crippen MR) is 223 cm³/mol. The third-order valence-corrected chi connectivity index (χ3v) is 38.7. The number of allylic oxidation sites excluding steroid dienone is 8. The van der Waals surface area contributed by atoms with Crippen molar-refractivity contribution in [3.8, 4) is 0 Å². The summed E-state index contributed by atoms with van der Waals surface area (Å²) in [6, 6.07) is 54.7. The summed E-state index contributed by atoms with van der Waals surface area (Å²) in [4.78, 5) is 0. The fourth-order valence-electron chi connectivity index (χ4n) is 9.77. The van der Waals surface area contributed by atoms with Gasteiger partial charge in [0.25, 0.3) is 0 Å². The molecule has 0 N–H and O–H groups in total. The zero-order valence-electron chi connectivity index (χ0n) is 29.2. The topological polar surface area (TPSA) is 0 Å². The molecule has 2 unspecified atom stereocenters. The van der Waals surface area contributed by atoms with Crippen LogP contribution in [0.5, 0.6) is 0 Å². The van der Waals surface area contributed by atoms with Crippen molar-refractivity contribution in [1.29, 1.82) is 0 Å². The summed E-state index contributed by atoms with van der Waals surface area (Å²) < 4.78 is 6.43. The Bertz CT molecular complexity index is 2270. The maximum Gasteiger partial charge on any atom is -0.147 e. The second-order valence-corrected chi connectivity index (χ2v) is 35.1. The molecule has 2 aliphatic rings. The van der Waals surface area contributed by atoms with Gasteiger partial charge in [-0.3, -0.25) is 0 Å². The first-order chi connectivity index (χ1) is 23.3. The molecule has 2 aliphatic carbocycles. The minimum Gasteiger partial charge on any atom is -0.147 e. The summed E-state index contributed by atoms with van der Waals surface area (Å²) in [6.07, 6.45) is 5.18. The summed E-state index contributed by atoms with van der Waals surface area (Å²) in [7, 11) is 0. The number of hydrogen-bond donors (Lipinski definition) is 0. The van der Waals surface area contributed by atoms with Crippen molar-refractivity contribution >= 4 is 70.9 Å². The maximum absolute atomic E-state index is 4.67. The van der Waals surface area contributed by atoms with E-state index in [2.05, 4.69) is 192 Å². The molecule has 0 saturated heterocycles. The van der Waals surface area contributed by atoms with Gasteiger partial charge in [-0.05, 0) is 0 Å². The minimum absolute atomic E-state index is 0. The average Bonchev–Trinajstić information content (AvgIpc) is 3.61. The Morgan fingerprint density at radius 1 is 0.440 bits per heavy atom. The molecule has 0 nitrogen and oxygen atoms in total. The number of fused-ring (bicyclic) bond motifs is 2. The second kappa shape index (κ2) is 13.9. The Morgan fingerprint density at radius 3 is 1.18 bits per heavy atom. The van der Waals surface area contributed by atoms with Crippen LogP contribution in [0.4, 0.5) is 0 Å². The molecule has 0 spiro atoms. The fourth-order valence-corrected chi connectivity index (χ4v) is 38.7. The molecule has 2 atom stereocenters. The van der Waals surface area contributed by atoms with E-state index in [9.17, 15) is 0 Å². The average molecular weight is 787 g/mol. The largest absolute Gasteiger partial charge is 0.147 e. The molecule has 0 saturated carbocycles. The molecule has 8 rings (SSSR count). The molecule has 0 fully saturated rings. The first-order valence-corrected chi connectivity index (χ1v) is 28.1. The molecule has 250 valence electrons. The van der Waals surface area contributed by atoms with E-state index in [4.69, 9.17) is 0 Å². The van der Waals surface area contributed by atoms with Crippen molar-refractivity contribution in [2.75, 3.05) is 0 Å². The first kappa shape index (κ1) is 36.3. The SMILES string of the molecule is CC1=[C]([Zr](=[SiH2])([C]2=C(C)C(c3cccc4ccccc34)=CC2C)([c]2ccccc2)[c]2ccccc2)C(C)C=C1c1cccc2ccccc12.Cl.Cl. The number of rotatable bonds is 6. The quantitative estimate of drug-likeness (QED) is 0.148. The van der Waals surface area contributed by atoms with Crippen LogP contribution < -0.4 is 6.54 Å². The molecule has 0 aromatic heterocycles. The zero-order valence-corrected chi connectivity index (χ0v) is 34.7. The zero-order chi connectivity index (χ0) is 33.1. The second-order valence-electron chi connectivity index (χ2n) is 14.1. The summed E-state index contributed by atoms with van der Waals surface area (Å²) in [5.41, 5.74) is 8.44. The molecule has 6 aromatic rings. The maximum atomic E-state index is 2.59. The Morgan fingerprint density at radius 2 is 0.780 bits per heavy atom. The molecular weight excluding hydrogens is 743 g/mol. The summed E-state index contributed by atoms with van der Waals surface area (Å²) in [6.45, 7) is 12.2. The van der Waals surface area contributed by atoms with Crippen molar-refractivity contribution in [2.45, 2.75) is 27.7 Å². The van der Waals surface area contributed by atoms with Crippen LogP contribution in [-0.2, 0) is 17.4 Å². The molecule has 0 heterocycles. The number of halogens is 2. The van der Waals surface area contributed by atoms with Gasteiger partial charge in [0.05, 0.1) is 0 Å². The smallest absolute Gasteiger partial charge is 0.147 e. The van der Waals surface area contributed by atoms with E-state index >= 15 is 0 Å². The third kappa shape index (κ3) is 5.26. The van der Waals surface area contributed by atoms with Gasteiger partial charge in [-0.2, -0.15) is 0 Å². The van der Waals surface area contributed by atoms with Gasteiger partial charge in [-0.15, -0.1) is 24.8 Å². The van der Waals surface area contributed by atoms with Gasteiger partial charge in [-0.1, -0.05) is 0 Å². The Kier molecular flexibility index (Phi) is 10.1. The van der Waals surface area contributed by atoms with Crippen molar-refractivity contribution in [3.63, 3.8) is 0 Å². The van der Waals surface area contributed by atoms with Gasteiger partial charge in [0.2, 0.25) is 0 Å². The molecule has 0 amide bonds. The minimum atomic E-state index is -4.67. The van der Waals surface area contributed by atoms with Crippen LogP contribution in [0.3, 0.4) is 0 Å². The Labute approximate surface area is 312 Å². The molecule has 6 aromatic carbocycles. The standard InChI is InChI=1S/2C17H15.2C6H5.2ClH.H2Si.Zr/c2*1-12-10-13(2)17(11-12)16-9-5-7-14-6-3-4-8-15(14)16;2*1-2-4-6-5-3-1;;;;/h2*3-9,11-12H,1-2H3;2*1-5H;2*1H;1H2;. The Balaban J connectivity index is 0.00000216. The van der Waals surface area contributed by atoms with Crippen LogP contribution >= 0.6 is 24.8 Å². The molecule has 50 heavy (non-hydrogen) atoms. The molecule has 0 aliphatic heterocycles. The first-order valence-electron chi connectivity index (χ1n) is 17.3. The van der Waals surface area contributed by atoms with Crippen LogP contribution in [0.15, 0.2) is 175 Å². The normalized spacial score (nSPS) is 17.8. The van der Waals surface area contributed by atoms with Crippen LogP contribution in [0.1, 0.15) is 38.8 Å². The van der Waals surface area contributed by atoms with Gasteiger partial charge in [-0.25, -0.2) is 0 Å². The van der Waals surface area contributed by atoms with E-state index in [0.29, 0.717) is 11.8 Å². The van der Waals surface area contributed by atoms with Gasteiger partial charge in [0.1, 0.15) is 0 Å². The van der Waals surface area contributed by atoms with Gasteiger partial charge >= 0.3 is 290 Å². The summed E-state index contributed by atoms with van der Waals surface area (Å²) >= 11 is -4.67. The van der Waals surface area contributed by atoms with E-state index in [1.807, 2.05) is 0 Å². The summed E-state index contributed by atoms with van der Waals surface area (Å²) in [5, 5.41) is 5.25. The van der Waals surface area contributed by atoms with Crippen molar-refractivity contribution in [2.24, 2.45) is 11.8 Å². The molecule has 0 radical (unpaired) electrons. The molecule has 4 heteroatoms. The molecular formula is C46H44Cl2SiZr. The van der Waals surface area contributed by atoms with Crippen LogP contribution in [-0.4, -0.2) is 6.88 Å². The van der Waals surface area contributed by atoms with Crippen LogP contribution in [0.2, 0.25) is 0 Å². The van der Waals surface area contributed by atoms with Crippen LogP contribution in [0.25, 0.3) is 32.7 Å². The predicted octanol–water partition coefficient (Wildman–Crippen LogP) is 11.0. The summed E-state index contributed by atoms with van der Waals surface area (Å²) in [5.74, 6) is 0.605. The number of hydrogen-bond acceptors (Lipinski definition) is 0. The molecule has 0 bridgehead atoms. The monoisotopic (exact) mass is 784 g/mol. The van der Waals surface area contributed by atoms with E-state index < -0.39 is 17.4 Å². The van der Waals surface area contributed by atoms with E-state index in [1.54, 1.807) is 6.56 Å². The van der Waals surface area contributed by atoms with Crippen molar-refractivity contribution < 1.29 is 17.4 Å². The van der Waals surface area contributed by atoms with E-state index in [-0.39, 0.29) is 24.8 Å². The van der Waals surface area contributed by atoms with E-state index in [0.717, 1.165) is 0 Å². The van der Waals surface area contributed by atoms with Gasteiger partial charge < -0.3 is 0 Å². The van der Waals surface area contributed by atoms with Crippen molar-refractivity contribution in [1.82, 2.24) is 0 Å². The fraction of sp³-hybridized carbons (Fsp3) is 0.130. The van der Waals surface area contributed by atoms with Gasteiger partial charge in [0, 0.05) is 0 Å². The van der Waals surface area contributed by atoms with Crippen molar-refractivity contribution in [3.05, 3.63) is 187 Å². The number of benzene rings is 6.